The summed E-state index contributed by atoms with van der Waals surface area (Å²) in [7, 11) is 0. The topological polar surface area (TPSA) is 89.8 Å². The summed E-state index contributed by atoms with van der Waals surface area (Å²) in [6, 6.07) is 3.99. The van der Waals surface area contributed by atoms with Crippen molar-refractivity contribution >= 4 is 11.7 Å². The molecular weight excluding hydrogens is 162 g/mol. The molecule has 1 aromatic carbocycles. The van der Waals surface area contributed by atoms with Crippen molar-refractivity contribution in [2.75, 3.05) is 5.48 Å². The van der Waals surface area contributed by atoms with Crippen LogP contribution in [-0.2, 0) is 0 Å². The number of para-hydroxylation sites is 1. The number of rotatable bonds is 2. The van der Waals surface area contributed by atoms with Crippen molar-refractivity contribution in [1.82, 2.24) is 0 Å². The number of hydrogen-bond donors (Lipinski definition) is 4. The highest BCUT2D eigenvalue weighted by Crippen LogP contribution is 2.26. The normalized spacial score (nSPS) is 9.42. The minimum atomic E-state index is -1.25. The third-order valence-corrected chi connectivity index (χ3v) is 1.39. The van der Waals surface area contributed by atoms with Crippen molar-refractivity contribution in [2.45, 2.75) is 0 Å². The summed E-state index contributed by atoms with van der Waals surface area (Å²) in [6.45, 7) is 0. The monoisotopic (exact) mass is 169 g/mol. The molecule has 0 heterocycles. The van der Waals surface area contributed by atoms with E-state index in [0.717, 1.165) is 0 Å². The van der Waals surface area contributed by atoms with Crippen LogP contribution in [0.2, 0.25) is 0 Å². The van der Waals surface area contributed by atoms with Gasteiger partial charge < -0.3 is 10.2 Å². The number of aromatic hydroxyl groups is 1. The van der Waals surface area contributed by atoms with Crippen molar-refractivity contribution in [3.63, 3.8) is 0 Å². The zero-order valence-electron chi connectivity index (χ0n) is 5.98. The fourth-order valence-electron chi connectivity index (χ4n) is 0.806. The van der Waals surface area contributed by atoms with Crippen LogP contribution in [-0.4, -0.2) is 21.4 Å². The average molecular weight is 169 g/mol. The molecule has 5 heteroatoms. The number of benzene rings is 1. The number of aromatic carboxylic acids is 1. The van der Waals surface area contributed by atoms with Crippen LogP contribution in [0.1, 0.15) is 10.4 Å². The summed E-state index contributed by atoms with van der Waals surface area (Å²) in [5.74, 6) is -1.72. The van der Waals surface area contributed by atoms with Crippen LogP contribution in [0, 0.1) is 0 Å². The highest BCUT2D eigenvalue weighted by Gasteiger charge is 2.11. The molecule has 0 saturated carbocycles. The van der Waals surface area contributed by atoms with E-state index in [0.29, 0.717) is 0 Å². The lowest BCUT2D eigenvalue weighted by atomic mass is 10.2. The molecule has 1 aromatic rings. The Morgan fingerprint density at radius 1 is 1.42 bits per heavy atom. The van der Waals surface area contributed by atoms with Crippen LogP contribution < -0.4 is 5.48 Å². The number of nitrogens with one attached hydrogen (secondary N) is 1. The third kappa shape index (κ3) is 1.30. The van der Waals surface area contributed by atoms with Crippen LogP contribution >= 0.6 is 0 Å². The Morgan fingerprint density at radius 3 is 2.58 bits per heavy atom. The maximum atomic E-state index is 10.4. The van der Waals surface area contributed by atoms with E-state index in [4.69, 9.17) is 15.4 Å². The maximum Gasteiger partial charge on any atom is 0.339 e. The number of carboxylic acids is 1. The quantitative estimate of drug-likeness (QED) is 0.390. The predicted molar refractivity (Wildman–Crippen MR) is 40.5 cm³/mol. The predicted octanol–water partition coefficient (Wildman–Crippen LogP) is 0.891. The Hall–Kier alpha value is -1.75. The van der Waals surface area contributed by atoms with E-state index in [1.54, 1.807) is 5.48 Å². The summed E-state index contributed by atoms with van der Waals surface area (Å²) in [5.41, 5.74) is 1.39. The molecule has 0 bridgehead atoms. The summed E-state index contributed by atoms with van der Waals surface area (Å²) in [4.78, 5) is 10.4. The Kier molecular flexibility index (Phi) is 2.16. The highest BCUT2D eigenvalue weighted by molar-refractivity contribution is 5.93. The Bertz CT molecular complexity index is 310. The first-order chi connectivity index (χ1) is 5.66. The molecule has 0 aliphatic heterocycles. The fraction of sp³-hybridized carbons (Fsp3) is 0. The van der Waals surface area contributed by atoms with Crippen LogP contribution in [0.3, 0.4) is 0 Å². The fourth-order valence-corrected chi connectivity index (χ4v) is 0.806. The molecule has 64 valence electrons. The maximum absolute atomic E-state index is 10.4. The Labute approximate surface area is 67.8 Å². The smallest absolute Gasteiger partial charge is 0.339 e. The lowest BCUT2D eigenvalue weighted by molar-refractivity contribution is 0.0694. The van der Waals surface area contributed by atoms with E-state index in [2.05, 4.69) is 0 Å². The van der Waals surface area contributed by atoms with E-state index in [-0.39, 0.29) is 11.3 Å². The highest BCUT2D eigenvalue weighted by atomic mass is 16.5. The van der Waals surface area contributed by atoms with Crippen LogP contribution in [0.15, 0.2) is 18.2 Å². The van der Waals surface area contributed by atoms with E-state index < -0.39 is 11.7 Å². The Morgan fingerprint density at radius 2 is 2.08 bits per heavy atom. The van der Waals surface area contributed by atoms with Gasteiger partial charge in [0.05, 0.1) is 0 Å². The Balaban J connectivity index is 3.23. The molecule has 4 N–H and O–H groups in total. The largest absolute Gasteiger partial charge is 0.505 e. The van der Waals surface area contributed by atoms with Gasteiger partial charge in [0, 0.05) is 0 Å². The average Bonchev–Trinajstić information content (AvgIpc) is 2.04. The van der Waals surface area contributed by atoms with Gasteiger partial charge in [-0.2, -0.15) is 0 Å². The second-order valence-electron chi connectivity index (χ2n) is 2.12. The SMILES string of the molecule is O=C(O)c1cccc(NO)c1O. The minimum Gasteiger partial charge on any atom is -0.505 e. The van der Waals surface area contributed by atoms with Crippen LogP contribution in [0.5, 0.6) is 5.75 Å². The van der Waals surface area contributed by atoms with E-state index in [1.165, 1.54) is 18.2 Å². The van der Waals surface area contributed by atoms with Gasteiger partial charge in [0.2, 0.25) is 0 Å². The number of carbonyl (C=O) groups is 1. The van der Waals surface area contributed by atoms with E-state index in [1.807, 2.05) is 0 Å². The lowest BCUT2D eigenvalue weighted by Gasteiger charge is -2.03. The molecule has 0 aromatic heterocycles. The number of carboxylic acid groups (broad SMARTS) is 1. The zero-order chi connectivity index (χ0) is 9.14. The molecular formula is C7H7NO4. The zero-order valence-corrected chi connectivity index (χ0v) is 5.98. The molecule has 1 rings (SSSR count). The van der Waals surface area contributed by atoms with Gasteiger partial charge in [-0.3, -0.25) is 10.7 Å². The number of anilines is 1. The molecule has 0 aliphatic carbocycles. The first-order valence-electron chi connectivity index (χ1n) is 3.12. The van der Waals surface area contributed by atoms with Crippen LogP contribution in [0.25, 0.3) is 0 Å². The van der Waals surface area contributed by atoms with Crippen molar-refractivity contribution in [1.29, 1.82) is 0 Å². The van der Waals surface area contributed by atoms with E-state index in [9.17, 15) is 4.79 Å². The van der Waals surface area contributed by atoms with E-state index >= 15 is 0 Å². The molecule has 0 radical (unpaired) electrons. The van der Waals surface area contributed by atoms with Gasteiger partial charge in [-0.1, -0.05) is 6.07 Å². The van der Waals surface area contributed by atoms with Gasteiger partial charge in [-0.15, -0.1) is 0 Å². The standard InChI is InChI=1S/C7H7NO4/c9-6-4(7(10)11)2-1-3-5(6)8-12/h1-3,8-9,12H,(H,10,11). The first-order valence-corrected chi connectivity index (χ1v) is 3.12. The molecule has 0 saturated heterocycles. The van der Waals surface area contributed by atoms with Gasteiger partial charge in [-0.05, 0) is 12.1 Å². The van der Waals surface area contributed by atoms with Gasteiger partial charge >= 0.3 is 5.97 Å². The number of hydrogen-bond acceptors (Lipinski definition) is 4. The molecule has 0 fully saturated rings. The van der Waals surface area contributed by atoms with Gasteiger partial charge in [0.25, 0.3) is 0 Å². The molecule has 0 unspecified atom stereocenters. The van der Waals surface area contributed by atoms with Crippen LogP contribution in [0.4, 0.5) is 5.69 Å². The summed E-state index contributed by atoms with van der Waals surface area (Å²) in [5, 5.41) is 26.1. The first kappa shape index (κ1) is 8.35. The second kappa shape index (κ2) is 3.10. The van der Waals surface area contributed by atoms with Gasteiger partial charge in [0.15, 0.2) is 5.75 Å². The van der Waals surface area contributed by atoms with Crippen molar-refractivity contribution in [3.05, 3.63) is 23.8 Å². The molecule has 5 nitrogen and oxygen atoms in total. The third-order valence-electron chi connectivity index (χ3n) is 1.39. The summed E-state index contributed by atoms with van der Waals surface area (Å²) >= 11 is 0. The molecule has 0 atom stereocenters. The van der Waals surface area contributed by atoms with Crippen molar-refractivity contribution in [3.8, 4) is 5.75 Å². The lowest BCUT2D eigenvalue weighted by Crippen LogP contribution is -1.99. The van der Waals surface area contributed by atoms with Gasteiger partial charge in [0.1, 0.15) is 11.3 Å². The van der Waals surface area contributed by atoms with Crippen molar-refractivity contribution in [2.24, 2.45) is 0 Å². The number of phenols is 1. The van der Waals surface area contributed by atoms with Crippen molar-refractivity contribution < 1.29 is 20.2 Å². The molecule has 0 amide bonds. The molecule has 0 spiro atoms. The van der Waals surface area contributed by atoms with Gasteiger partial charge in [-0.25, -0.2) is 4.79 Å². The second-order valence-corrected chi connectivity index (χ2v) is 2.12. The summed E-state index contributed by atoms with van der Waals surface area (Å²) in [6.07, 6.45) is 0. The molecule has 0 aliphatic rings. The minimum absolute atomic E-state index is 0.0325. The summed E-state index contributed by atoms with van der Waals surface area (Å²) < 4.78 is 0. The molecule has 12 heavy (non-hydrogen) atoms.